The van der Waals surface area contributed by atoms with Crippen molar-refractivity contribution in [1.82, 2.24) is 9.47 Å². The molecule has 0 aliphatic carbocycles. The number of nitrogens with zero attached hydrogens (tertiary/aromatic N) is 4. The minimum absolute atomic E-state index is 0.0419. The van der Waals surface area contributed by atoms with E-state index in [4.69, 9.17) is 4.74 Å². The van der Waals surface area contributed by atoms with Gasteiger partial charge in [-0.1, -0.05) is 48.5 Å². The number of rotatable bonds is 1. The van der Waals surface area contributed by atoms with Gasteiger partial charge < -0.3 is 14.5 Å². The molecule has 5 nitrogen and oxygen atoms in total. The maximum absolute atomic E-state index is 6.84. The quantitative estimate of drug-likeness (QED) is 0.174. The minimum atomic E-state index is -0.549. The number of hydrogen-bond donors (Lipinski definition) is 0. The van der Waals surface area contributed by atoms with Crippen LogP contribution < -0.4 is 14.2 Å². The molecule has 4 aliphatic rings. The summed E-state index contributed by atoms with van der Waals surface area (Å²) in [6.07, 6.45) is 4.61. The van der Waals surface area contributed by atoms with Crippen molar-refractivity contribution in [1.29, 1.82) is 0 Å². The van der Waals surface area contributed by atoms with Crippen LogP contribution in [0.4, 0.5) is 5.69 Å². The van der Waals surface area contributed by atoms with Gasteiger partial charge in [-0.2, -0.15) is 4.57 Å². The molecule has 1 spiro atoms. The summed E-state index contributed by atoms with van der Waals surface area (Å²) in [6, 6.07) is 42.1. The van der Waals surface area contributed by atoms with Crippen LogP contribution in [0.1, 0.15) is 16.7 Å². The molecule has 2 atom stereocenters. The predicted octanol–water partition coefficient (Wildman–Crippen LogP) is 8.74. The first-order valence-electron chi connectivity index (χ1n) is 15.8. The topological polar surface area (TPSA) is 24.5 Å². The van der Waals surface area contributed by atoms with Crippen LogP contribution in [0, 0.1) is 0 Å². The average molecular weight is 610 g/mol. The normalized spacial score (nSPS) is 19.9. The zero-order valence-electron chi connectivity index (χ0n) is 24.8. The summed E-state index contributed by atoms with van der Waals surface area (Å²) in [4.78, 5) is 5.01. The Morgan fingerprint density at radius 1 is 0.717 bits per heavy atom. The molecule has 8 aromatic rings. The molecule has 4 aliphatic heterocycles. The fourth-order valence-corrected chi connectivity index (χ4v) is 10.3. The molecule has 0 bridgehead atoms. The van der Waals surface area contributed by atoms with E-state index in [1.807, 2.05) is 11.3 Å². The van der Waals surface area contributed by atoms with Gasteiger partial charge in [0, 0.05) is 55.8 Å². The molecule has 0 N–H and O–H groups in total. The maximum atomic E-state index is 6.84. The second kappa shape index (κ2) is 7.79. The molecule has 2 unspecified atom stereocenters. The van der Waals surface area contributed by atoms with Gasteiger partial charge in [-0.3, -0.25) is 0 Å². The van der Waals surface area contributed by atoms with Crippen LogP contribution in [0.2, 0.25) is 0 Å². The molecule has 0 saturated heterocycles. The van der Waals surface area contributed by atoms with Gasteiger partial charge in [0.15, 0.2) is 11.7 Å². The molecular weight excluding hydrogens is 585 g/mol. The number of anilines is 1. The summed E-state index contributed by atoms with van der Waals surface area (Å²) in [5.74, 6) is 3.02. The van der Waals surface area contributed by atoms with Gasteiger partial charge in [-0.25, -0.2) is 4.57 Å². The number of aromatic nitrogens is 2. The van der Waals surface area contributed by atoms with Crippen LogP contribution in [0.5, 0.6) is 11.5 Å². The van der Waals surface area contributed by atoms with Gasteiger partial charge in [0.05, 0.1) is 28.7 Å². The zero-order chi connectivity index (χ0) is 29.9. The molecule has 7 heterocycles. The molecule has 12 rings (SSSR count). The summed E-state index contributed by atoms with van der Waals surface area (Å²) >= 11 is 1.87. The maximum Gasteiger partial charge on any atom is 0.288 e. The third-order valence-corrected chi connectivity index (χ3v) is 12.0. The van der Waals surface area contributed by atoms with E-state index >= 15 is 0 Å². The Morgan fingerprint density at radius 2 is 1.54 bits per heavy atom. The Morgan fingerprint density at radius 3 is 2.50 bits per heavy atom. The summed E-state index contributed by atoms with van der Waals surface area (Å²) in [6.45, 7) is 0. The van der Waals surface area contributed by atoms with Crippen molar-refractivity contribution >= 4 is 64.7 Å². The van der Waals surface area contributed by atoms with E-state index < -0.39 is 5.54 Å². The van der Waals surface area contributed by atoms with Crippen LogP contribution in [0.15, 0.2) is 128 Å². The lowest BCUT2D eigenvalue weighted by molar-refractivity contribution is -0.743. The van der Waals surface area contributed by atoms with Gasteiger partial charge >= 0.3 is 0 Å². The number of hydrogen-bond acceptors (Lipinski definition) is 4. The lowest BCUT2D eigenvalue weighted by atomic mass is 9.76. The Bertz CT molecular complexity index is 2740. The van der Waals surface area contributed by atoms with E-state index in [0.717, 1.165) is 17.3 Å². The lowest BCUT2D eigenvalue weighted by Crippen LogP contribution is -2.70. The van der Waals surface area contributed by atoms with E-state index in [2.05, 4.69) is 154 Å². The lowest BCUT2D eigenvalue weighted by Gasteiger charge is -2.43. The Kier molecular flexibility index (Phi) is 4.02. The van der Waals surface area contributed by atoms with Crippen LogP contribution in [-0.2, 0) is 5.54 Å². The molecule has 0 amide bonds. The Labute approximate surface area is 268 Å². The molecule has 3 aromatic heterocycles. The highest BCUT2D eigenvalue weighted by molar-refractivity contribution is 7.25. The first-order chi connectivity index (χ1) is 22.7. The van der Waals surface area contributed by atoms with E-state index in [1.165, 1.54) is 70.1 Å². The second-order valence-electron chi connectivity index (χ2n) is 12.9. The van der Waals surface area contributed by atoms with Crippen molar-refractivity contribution in [2.45, 2.75) is 11.7 Å². The zero-order valence-corrected chi connectivity index (χ0v) is 25.6. The minimum Gasteiger partial charge on any atom is -0.456 e. The van der Waals surface area contributed by atoms with E-state index in [1.54, 1.807) is 0 Å². The van der Waals surface area contributed by atoms with Crippen molar-refractivity contribution in [2.24, 2.45) is 0 Å². The third-order valence-electron chi connectivity index (χ3n) is 10.8. The fraction of sp³-hybridized carbons (Fsp3) is 0.0750. The predicted molar refractivity (Wildman–Crippen MR) is 185 cm³/mol. The summed E-state index contributed by atoms with van der Waals surface area (Å²) < 4.78 is 14.5. The van der Waals surface area contributed by atoms with E-state index in [0.29, 0.717) is 0 Å². The highest BCUT2D eigenvalue weighted by Gasteiger charge is 2.68. The molecule has 5 aromatic carbocycles. The number of para-hydroxylation sites is 1. The number of benzene rings is 5. The SMILES string of the molecule is CN1C(c2ccc3sc4ccccc4c3c2)=CN2c3cccc4c3C3(c5c(ccc6c7ccccc7n(c56)-c5cccc[n+]53)O4)C12. The monoisotopic (exact) mass is 609 g/mol. The van der Waals surface area contributed by atoms with Crippen LogP contribution >= 0.6 is 11.3 Å². The van der Waals surface area contributed by atoms with Crippen molar-refractivity contribution in [2.75, 3.05) is 11.9 Å². The van der Waals surface area contributed by atoms with Gasteiger partial charge in [-0.15, -0.1) is 11.3 Å². The number of ether oxygens (including phenoxy) is 1. The largest absolute Gasteiger partial charge is 0.456 e. The molecule has 0 radical (unpaired) electrons. The smallest absolute Gasteiger partial charge is 0.288 e. The first-order valence-corrected chi connectivity index (χ1v) is 16.6. The standard InChI is InChI=1S/C40H25N4OS/c1-41-30(23-16-19-34-27(21-23)25-10-3-5-14-33(25)46-34)22-42-29-12-8-13-31-36(29)40(39(41)42)37-32(45-31)18-17-26-24-9-2-4-11-28(24)44(38(26)37)35-15-6-7-20-43(35)40/h2-22,39H,1H3/q+1. The van der Waals surface area contributed by atoms with Crippen molar-refractivity contribution in [3.63, 3.8) is 0 Å². The molecule has 0 saturated carbocycles. The second-order valence-corrected chi connectivity index (χ2v) is 13.9. The molecule has 216 valence electrons. The molecule has 0 fully saturated rings. The molecule has 46 heavy (non-hydrogen) atoms. The summed E-state index contributed by atoms with van der Waals surface area (Å²) in [7, 11) is 2.27. The van der Waals surface area contributed by atoms with Gasteiger partial charge in [0.2, 0.25) is 5.54 Å². The highest BCUT2D eigenvalue weighted by Crippen LogP contribution is 2.63. The van der Waals surface area contributed by atoms with E-state index in [9.17, 15) is 0 Å². The van der Waals surface area contributed by atoms with Gasteiger partial charge in [0.25, 0.3) is 5.82 Å². The number of likely N-dealkylation sites (N-methyl/N-ethyl adjacent to an activating group) is 1. The van der Waals surface area contributed by atoms with Gasteiger partial charge in [0.1, 0.15) is 17.0 Å². The summed E-state index contributed by atoms with van der Waals surface area (Å²) in [5.41, 5.74) is 8.01. The highest BCUT2D eigenvalue weighted by atomic mass is 32.1. The number of pyridine rings is 1. The molecule has 6 heteroatoms. The van der Waals surface area contributed by atoms with Crippen LogP contribution in [0.25, 0.3) is 53.5 Å². The van der Waals surface area contributed by atoms with Crippen molar-refractivity contribution < 1.29 is 9.30 Å². The Balaban J connectivity index is 1.19. The van der Waals surface area contributed by atoms with Crippen molar-refractivity contribution in [3.05, 3.63) is 144 Å². The van der Waals surface area contributed by atoms with Gasteiger partial charge in [-0.05, 0) is 60.7 Å². The number of fused-ring (bicyclic) bond motifs is 10. The van der Waals surface area contributed by atoms with E-state index in [-0.39, 0.29) is 6.17 Å². The Hall–Kier alpha value is -5.59. The number of thiophene rings is 1. The van der Waals surface area contributed by atoms with Crippen LogP contribution in [0.3, 0.4) is 0 Å². The average Bonchev–Trinajstić information content (AvgIpc) is 3.82. The first kappa shape index (κ1) is 23.7. The summed E-state index contributed by atoms with van der Waals surface area (Å²) in [5, 5.41) is 5.16. The van der Waals surface area contributed by atoms with Crippen molar-refractivity contribution in [3.8, 4) is 17.3 Å². The molecular formula is C40H25N4OS+. The fourth-order valence-electron chi connectivity index (χ4n) is 9.17. The third kappa shape index (κ3) is 2.47. The van der Waals surface area contributed by atoms with Crippen LogP contribution in [-0.4, -0.2) is 22.7 Å².